The highest BCUT2D eigenvalue weighted by Crippen LogP contribution is 2.09. The van der Waals surface area contributed by atoms with E-state index in [2.05, 4.69) is 10.4 Å². The fourth-order valence-corrected chi connectivity index (χ4v) is 2.78. The van der Waals surface area contributed by atoms with Gasteiger partial charge in [-0.15, -0.1) is 0 Å². The van der Waals surface area contributed by atoms with Gasteiger partial charge in [0.15, 0.2) is 9.84 Å². The average Bonchev–Trinajstić information content (AvgIpc) is 3.01. The zero-order chi connectivity index (χ0) is 16.9. The van der Waals surface area contributed by atoms with Gasteiger partial charge in [0.1, 0.15) is 5.75 Å². The van der Waals surface area contributed by atoms with Crippen molar-refractivity contribution in [1.29, 1.82) is 0 Å². The first-order valence-corrected chi connectivity index (χ1v) is 9.17. The molecule has 7 heteroatoms. The van der Waals surface area contributed by atoms with Crippen molar-refractivity contribution >= 4 is 15.7 Å². The number of amides is 1. The Labute approximate surface area is 136 Å². The van der Waals surface area contributed by atoms with Crippen molar-refractivity contribution in [3.05, 3.63) is 48.3 Å². The predicted octanol–water partition coefficient (Wildman–Crippen LogP) is 1.35. The Morgan fingerprint density at radius 3 is 2.52 bits per heavy atom. The van der Waals surface area contributed by atoms with Crippen LogP contribution in [0.15, 0.2) is 42.7 Å². The minimum absolute atomic E-state index is 0.410. The summed E-state index contributed by atoms with van der Waals surface area (Å²) in [6, 6.07) is 9.69. The van der Waals surface area contributed by atoms with E-state index in [-0.39, 0.29) is 0 Å². The minimum Gasteiger partial charge on any atom is -0.355 e. The molecule has 23 heavy (non-hydrogen) atoms. The maximum absolute atomic E-state index is 11.7. The number of benzene rings is 1. The molecule has 0 aliphatic heterocycles. The zero-order valence-corrected chi connectivity index (χ0v) is 14.1. The van der Waals surface area contributed by atoms with Gasteiger partial charge in [0.05, 0.1) is 10.9 Å². The van der Waals surface area contributed by atoms with Crippen molar-refractivity contribution < 1.29 is 13.2 Å². The van der Waals surface area contributed by atoms with E-state index >= 15 is 0 Å². The summed E-state index contributed by atoms with van der Waals surface area (Å²) < 4.78 is 25.1. The molecule has 0 aliphatic carbocycles. The molecule has 1 heterocycles. The quantitative estimate of drug-likeness (QED) is 0.828. The summed E-state index contributed by atoms with van der Waals surface area (Å²) in [5.41, 5.74) is 2.03. The van der Waals surface area contributed by atoms with E-state index in [1.807, 2.05) is 36.5 Å². The lowest BCUT2D eigenvalue weighted by molar-refractivity contribution is -0.118. The standard InChI is InChI=1S/C16H21N3O3S/c1-13(2)23(21,22)12-16(20)17-10-8-14-4-6-15(7-5-14)19-11-3-9-18-19/h3-7,9,11,13H,8,10,12H2,1-2H3,(H,17,20). The van der Waals surface area contributed by atoms with E-state index in [1.54, 1.807) is 24.7 Å². The summed E-state index contributed by atoms with van der Waals surface area (Å²) in [6.07, 6.45) is 4.23. The van der Waals surface area contributed by atoms with Crippen LogP contribution in [0.4, 0.5) is 0 Å². The molecule has 0 bridgehead atoms. The van der Waals surface area contributed by atoms with Gasteiger partial charge in [0, 0.05) is 18.9 Å². The second kappa shape index (κ2) is 7.41. The summed E-state index contributed by atoms with van der Waals surface area (Å²) in [6.45, 7) is 3.56. The van der Waals surface area contributed by atoms with E-state index in [9.17, 15) is 13.2 Å². The molecular formula is C16H21N3O3S. The summed E-state index contributed by atoms with van der Waals surface area (Å²) in [5, 5.41) is 6.26. The van der Waals surface area contributed by atoms with Gasteiger partial charge in [-0.1, -0.05) is 12.1 Å². The molecule has 1 N–H and O–H groups in total. The number of nitrogens with one attached hydrogen (secondary N) is 1. The monoisotopic (exact) mass is 335 g/mol. The van der Waals surface area contributed by atoms with Crippen LogP contribution in [0, 0.1) is 0 Å². The van der Waals surface area contributed by atoms with Crippen LogP contribution in [-0.2, 0) is 21.1 Å². The number of sulfone groups is 1. The van der Waals surface area contributed by atoms with E-state index in [1.165, 1.54) is 0 Å². The van der Waals surface area contributed by atoms with Crippen molar-refractivity contribution in [2.75, 3.05) is 12.3 Å². The largest absolute Gasteiger partial charge is 0.355 e. The summed E-state index contributed by atoms with van der Waals surface area (Å²) >= 11 is 0. The second-order valence-corrected chi connectivity index (χ2v) is 8.13. The molecule has 0 aliphatic rings. The molecule has 0 fully saturated rings. The van der Waals surface area contributed by atoms with Gasteiger partial charge in [0.2, 0.25) is 5.91 Å². The number of nitrogens with zero attached hydrogens (tertiary/aromatic N) is 2. The van der Waals surface area contributed by atoms with Gasteiger partial charge in [0.25, 0.3) is 0 Å². The third-order valence-electron chi connectivity index (χ3n) is 3.49. The molecule has 0 saturated carbocycles. The van der Waals surface area contributed by atoms with Crippen LogP contribution >= 0.6 is 0 Å². The van der Waals surface area contributed by atoms with Crippen molar-refractivity contribution in [2.45, 2.75) is 25.5 Å². The first-order valence-electron chi connectivity index (χ1n) is 7.46. The molecule has 124 valence electrons. The Morgan fingerprint density at radius 1 is 1.26 bits per heavy atom. The molecule has 0 spiro atoms. The molecule has 1 aromatic carbocycles. The average molecular weight is 335 g/mol. The van der Waals surface area contributed by atoms with Gasteiger partial charge in [-0.2, -0.15) is 5.10 Å². The summed E-state index contributed by atoms with van der Waals surface area (Å²) in [7, 11) is -3.34. The molecule has 1 amide bonds. The van der Waals surface area contributed by atoms with Gasteiger partial charge in [-0.05, 0) is 44.0 Å². The predicted molar refractivity (Wildman–Crippen MR) is 89.2 cm³/mol. The fourth-order valence-electron chi connectivity index (χ4n) is 1.98. The maximum Gasteiger partial charge on any atom is 0.235 e. The van der Waals surface area contributed by atoms with Crippen LogP contribution < -0.4 is 5.32 Å². The van der Waals surface area contributed by atoms with Crippen LogP contribution in [-0.4, -0.2) is 41.7 Å². The van der Waals surface area contributed by atoms with Crippen molar-refractivity contribution in [1.82, 2.24) is 15.1 Å². The van der Waals surface area contributed by atoms with Crippen molar-refractivity contribution in [3.8, 4) is 5.69 Å². The lowest BCUT2D eigenvalue weighted by atomic mass is 10.1. The van der Waals surface area contributed by atoms with Crippen LogP contribution in [0.1, 0.15) is 19.4 Å². The van der Waals surface area contributed by atoms with Crippen LogP contribution in [0.5, 0.6) is 0 Å². The molecule has 6 nitrogen and oxygen atoms in total. The number of hydrogen-bond donors (Lipinski definition) is 1. The van der Waals surface area contributed by atoms with E-state index < -0.39 is 26.7 Å². The number of rotatable bonds is 7. The molecule has 0 atom stereocenters. The molecule has 0 saturated heterocycles. The Kier molecular flexibility index (Phi) is 5.54. The number of hydrogen-bond acceptors (Lipinski definition) is 4. The van der Waals surface area contributed by atoms with Gasteiger partial charge >= 0.3 is 0 Å². The van der Waals surface area contributed by atoms with E-state index in [4.69, 9.17) is 0 Å². The summed E-state index contributed by atoms with van der Waals surface area (Å²) in [4.78, 5) is 11.7. The molecule has 2 rings (SSSR count). The van der Waals surface area contributed by atoms with E-state index in [0.717, 1.165) is 11.3 Å². The Hall–Kier alpha value is -2.15. The number of carbonyl (C=O) groups excluding carboxylic acids is 1. The Bertz CT molecular complexity index is 735. The molecule has 2 aromatic rings. The van der Waals surface area contributed by atoms with Crippen LogP contribution in [0.25, 0.3) is 5.69 Å². The minimum atomic E-state index is -3.34. The van der Waals surface area contributed by atoms with Crippen LogP contribution in [0.2, 0.25) is 0 Å². The van der Waals surface area contributed by atoms with Gasteiger partial charge in [-0.3, -0.25) is 4.79 Å². The third-order valence-corrected chi connectivity index (χ3v) is 5.59. The van der Waals surface area contributed by atoms with E-state index in [0.29, 0.717) is 13.0 Å². The van der Waals surface area contributed by atoms with Gasteiger partial charge in [-0.25, -0.2) is 13.1 Å². The van der Waals surface area contributed by atoms with Crippen molar-refractivity contribution in [3.63, 3.8) is 0 Å². The highest BCUT2D eigenvalue weighted by molar-refractivity contribution is 7.92. The molecule has 0 unspecified atom stereocenters. The fraction of sp³-hybridized carbons (Fsp3) is 0.375. The Balaban J connectivity index is 1.81. The second-order valence-electron chi connectivity index (χ2n) is 5.57. The highest BCUT2D eigenvalue weighted by Gasteiger charge is 2.20. The molecule has 1 aromatic heterocycles. The first-order chi connectivity index (χ1) is 10.9. The topological polar surface area (TPSA) is 81.1 Å². The highest BCUT2D eigenvalue weighted by atomic mass is 32.2. The molecule has 0 radical (unpaired) electrons. The summed E-state index contributed by atoms with van der Waals surface area (Å²) in [5.74, 6) is -0.907. The maximum atomic E-state index is 11.7. The zero-order valence-electron chi connectivity index (χ0n) is 13.3. The third kappa shape index (κ3) is 4.92. The van der Waals surface area contributed by atoms with Gasteiger partial charge < -0.3 is 5.32 Å². The van der Waals surface area contributed by atoms with Crippen molar-refractivity contribution in [2.24, 2.45) is 0 Å². The lowest BCUT2D eigenvalue weighted by Gasteiger charge is -2.09. The smallest absolute Gasteiger partial charge is 0.235 e. The lowest BCUT2D eigenvalue weighted by Crippen LogP contribution is -2.34. The molecular weight excluding hydrogens is 314 g/mol. The SMILES string of the molecule is CC(C)S(=O)(=O)CC(=O)NCCc1ccc(-n2cccn2)cc1. The normalized spacial score (nSPS) is 11.6. The number of aromatic nitrogens is 2. The Morgan fingerprint density at radius 2 is 1.96 bits per heavy atom. The van der Waals surface area contributed by atoms with Crippen LogP contribution in [0.3, 0.4) is 0 Å². The number of carbonyl (C=O) groups is 1. The first kappa shape index (κ1) is 17.2.